The number of nitrogens with zero attached hydrogens (tertiary/aromatic N) is 2. The first kappa shape index (κ1) is 15.9. The molecule has 5 heteroatoms. The second-order valence-corrected chi connectivity index (χ2v) is 7.73. The number of anilines is 2. The standard InChI is InChI=1S/C19H20ClN3S/c1-2-3-5-12-8-10-13(11-9-12)21-17-16-14-6-4-7-15(14)24-18(16)23-19(20)22-17/h8-11H,2-7H2,1H3,(H,21,22,23). The van der Waals surface area contributed by atoms with Crippen molar-refractivity contribution in [1.82, 2.24) is 9.97 Å². The quantitative estimate of drug-likeness (QED) is 0.576. The van der Waals surface area contributed by atoms with E-state index < -0.39 is 0 Å². The van der Waals surface area contributed by atoms with Crippen LogP contribution in [0, 0.1) is 0 Å². The number of aryl methyl sites for hydroxylation is 3. The Morgan fingerprint density at radius 3 is 2.79 bits per heavy atom. The van der Waals surface area contributed by atoms with Crippen molar-refractivity contribution in [1.29, 1.82) is 0 Å². The molecule has 3 aromatic rings. The number of rotatable bonds is 5. The number of unbranched alkanes of at least 4 members (excludes halogenated alkanes) is 1. The van der Waals surface area contributed by atoms with Crippen LogP contribution < -0.4 is 5.32 Å². The maximum atomic E-state index is 6.14. The Balaban J connectivity index is 1.66. The number of fused-ring (bicyclic) bond motifs is 3. The highest BCUT2D eigenvalue weighted by Gasteiger charge is 2.22. The van der Waals surface area contributed by atoms with Crippen LogP contribution >= 0.6 is 22.9 Å². The zero-order valence-corrected chi connectivity index (χ0v) is 15.3. The van der Waals surface area contributed by atoms with Crippen molar-refractivity contribution < 1.29 is 0 Å². The van der Waals surface area contributed by atoms with Gasteiger partial charge in [-0.3, -0.25) is 0 Å². The van der Waals surface area contributed by atoms with Crippen molar-refractivity contribution in [2.24, 2.45) is 0 Å². The molecule has 0 saturated carbocycles. The van der Waals surface area contributed by atoms with Crippen molar-refractivity contribution in [3.05, 3.63) is 45.6 Å². The van der Waals surface area contributed by atoms with Gasteiger partial charge in [0.1, 0.15) is 10.6 Å². The maximum Gasteiger partial charge on any atom is 0.225 e. The summed E-state index contributed by atoms with van der Waals surface area (Å²) >= 11 is 7.90. The summed E-state index contributed by atoms with van der Waals surface area (Å²) in [5, 5.41) is 4.93. The Morgan fingerprint density at radius 1 is 1.17 bits per heavy atom. The summed E-state index contributed by atoms with van der Waals surface area (Å²) in [6.07, 6.45) is 7.09. The Kier molecular flexibility index (Phi) is 4.42. The van der Waals surface area contributed by atoms with E-state index in [1.807, 2.05) is 0 Å². The number of nitrogens with one attached hydrogen (secondary N) is 1. The average molecular weight is 358 g/mol. The summed E-state index contributed by atoms with van der Waals surface area (Å²) in [5.41, 5.74) is 3.84. The molecule has 24 heavy (non-hydrogen) atoms. The van der Waals surface area contributed by atoms with Gasteiger partial charge in [-0.05, 0) is 67.0 Å². The molecule has 1 aliphatic rings. The largest absolute Gasteiger partial charge is 0.340 e. The van der Waals surface area contributed by atoms with Crippen molar-refractivity contribution in [2.75, 3.05) is 5.32 Å². The number of benzene rings is 1. The molecule has 0 fully saturated rings. The molecule has 0 atom stereocenters. The Morgan fingerprint density at radius 2 is 2.00 bits per heavy atom. The molecule has 0 bridgehead atoms. The van der Waals surface area contributed by atoms with Gasteiger partial charge in [0.05, 0.1) is 5.39 Å². The van der Waals surface area contributed by atoms with Gasteiger partial charge in [0, 0.05) is 10.6 Å². The van der Waals surface area contributed by atoms with E-state index in [0.717, 1.165) is 41.0 Å². The van der Waals surface area contributed by atoms with Crippen LogP contribution in [0.1, 0.15) is 42.2 Å². The van der Waals surface area contributed by atoms with Gasteiger partial charge in [0.15, 0.2) is 0 Å². The lowest BCUT2D eigenvalue weighted by molar-refractivity contribution is 0.795. The van der Waals surface area contributed by atoms with E-state index in [-0.39, 0.29) is 0 Å². The van der Waals surface area contributed by atoms with E-state index in [4.69, 9.17) is 11.6 Å². The summed E-state index contributed by atoms with van der Waals surface area (Å²) in [6.45, 7) is 2.22. The molecule has 0 amide bonds. The lowest BCUT2D eigenvalue weighted by Crippen LogP contribution is -1.97. The lowest BCUT2D eigenvalue weighted by Gasteiger charge is -2.09. The summed E-state index contributed by atoms with van der Waals surface area (Å²) in [7, 11) is 0. The van der Waals surface area contributed by atoms with Crippen LogP contribution in [0.15, 0.2) is 24.3 Å². The first-order valence-corrected chi connectivity index (χ1v) is 9.78. The predicted octanol–water partition coefficient (Wildman–Crippen LogP) is 5.92. The minimum absolute atomic E-state index is 0.310. The molecule has 0 spiro atoms. The summed E-state index contributed by atoms with van der Waals surface area (Å²) < 4.78 is 0. The fourth-order valence-electron chi connectivity index (χ4n) is 3.33. The molecule has 2 aromatic heterocycles. The molecule has 0 radical (unpaired) electrons. The highest BCUT2D eigenvalue weighted by molar-refractivity contribution is 7.19. The second kappa shape index (κ2) is 6.69. The molecular weight excluding hydrogens is 338 g/mol. The second-order valence-electron chi connectivity index (χ2n) is 6.30. The van der Waals surface area contributed by atoms with Crippen LogP contribution in [0.3, 0.4) is 0 Å². The smallest absolute Gasteiger partial charge is 0.225 e. The molecule has 1 aromatic carbocycles. The first-order chi connectivity index (χ1) is 11.7. The minimum Gasteiger partial charge on any atom is -0.340 e. The molecule has 0 aliphatic heterocycles. The topological polar surface area (TPSA) is 37.8 Å². The highest BCUT2D eigenvalue weighted by atomic mass is 35.5. The Hall–Kier alpha value is -1.65. The minimum atomic E-state index is 0.310. The van der Waals surface area contributed by atoms with Crippen LogP contribution in [0.25, 0.3) is 10.2 Å². The Bertz CT molecular complexity index is 870. The number of halogens is 1. The summed E-state index contributed by atoms with van der Waals surface area (Å²) in [6, 6.07) is 8.63. The number of aromatic nitrogens is 2. The molecule has 0 unspecified atom stereocenters. The van der Waals surface area contributed by atoms with Crippen LogP contribution in [0.2, 0.25) is 5.28 Å². The monoisotopic (exact) mass is 357 g/mol. The van der Waals surface area contributed by atoms with Gasteiger partial charge in [0.2, 0.25) is 5.28 Å². The molecule has 124 valence electrons. The molecule has 0 saturated heterocycles. The first-order valence-electron chi connectivity index (χ1n) is 8.58. The van der Waals surface area contributed by atoms with Crippen LogP contribution in [0.5, 0.6) is 0 Å². The SMILES string of the molecule is CCCCc1ccc(Nc2nc(Cl)nc3sc4c(c23)CCC4)cc1. The van der Waals surface area contributed by atoms with Gasteiger partial charge in [-0.1, -0.05) is 25.5 Å². The van der Waals surface area contributed by atoms with E-state index in [1.165, 1.54) is 35.3 Å². The fraction of sp³-hybridized carbons (Fsp3) is 0.368. The zero-order chi connectivity index (χ0) is 16.5. The molecule has 1 aliphatic carbocycles. The normalized spacial score (nSPS) is 13.4. The number of hydrogen-bond acceptors (Lipinski definition) is 4. The van der Waals surface area contributed by atoms with Crippen LogP contribution in [-0.4, -0.2) is 9.97 Å². The molecule has 4 rings (SSSR count). The molecular formula is C19H20ClN3S. The molecule has 1 N–H and O–H groups in total. The van der Waals surface area contributed by atoms with Gasteiger partial charge in [-0.15, -0.1) is 11.3 Å². The summed E-state index contributed by atoms with van der Waals surface area (Å²) in [5.74, 6) is 0.839. The number of hydrogen-bond donors (Lipinski definition) is 1. The molecule has 2 heterocycles. The van der Waals surface area contributed by atoms with E-state index in [9.17, 15) is 0 Å². The lowest BCUT2D eigenvalue weighted by atomic mass is 10.1. The highest BCUT2D eigenvalue weighted by Crippen LogP contribution is 2.40. The predicted molar refractivity (Wildman–Crippen MR) is 103 cm³/mol. The number of thiophene rings is 1. The third-order valence-corrected chi connectivity index (χ3v) is 5.93. The van der Waals surface area contributed by atoms with Crippen molar-refractivity contribution in [3.8, 4) is 0 Å². The maximum absolute atomic E-state index is 6.14. The van der Waals surface area contributed by atoms with Crippen molar-refractivity contribution >= 4 is 44.7 Å². The van der Waals surface area contributed by atoms with E-state index in [0.29, 0.717) is 5.28 Å². The summed E-state index contributed by atoms with van der Waals surface area (Å²) in [4.78, 5) is 11.3. The van der Waals surface area contributed by atoms with E-state index in [1.54, 1.807) is 11.3 Å². The van der Waals surface area contributed by atoms with Crippen LogP contribution in [0.4, 0.5) is 11.5 Å². The van der Waals surface area contributed by atoms with Gasteiger partial charge < -0.3 is 5.32 Å². The van der Waals surface area contributed by atoms with E-state index >= 15 is 0 Å². The van der Waals surface area contributed by atoms with Gasteiger partial charge in [-0.2, -0.15) is 4.98 Å². The average Bonchev–Trinajstić information content (AvgIpc) is 3.14. The Labute approximate surface area is 151 Å². The third-order valence-electron chi connectivity index (χ3n) is 4.57. The fourth-order valence-corrected chi connectivity index (χ4v) is 4.81. The van der Waals surface area contributed by atoms with Crippen molar-refractivity contribution in [3.63, 3.8) is 0 Å². The van der Waals surface area contributed by atoms with Crippen molar-refractivity contribution in [2.45, 2.75) is 45.4 Å². The third kappa shape index (κ3) is 3.01. The van der Waals surface area contributed by atoms with E-state index in [2.05, 4.69) is 46.5 Å². The van der Waals surface area contributed by atoms with Crippen LogP contribution in [-0.2, 0) is 19.3 Å². The van der Waals surface area contributed by atoms with Gasteiger partial charge in [0.25, 0.3) is 0 Å². The zero-order valence-electron chi connectivity index (χ0n) is 13.7. The van der Waals surface area contributed by atoms with Gasteiger partial charge in [-0.25, -0.2) is 4.98 Å². The van der Waals surface area contributed by atoms with Gasteiger partial charge >= 0.3 is 0 Å². The molecule has 3 nitrogen and oxygen atoms in total.